The average molecular weight is 498 g/mol. The number of aromatic nitrogens is 3. The fraction of sp³-hybridized carbons (Fsp3) is 0.241. The van der Waals surface area contributed by atoms with Crippen molar-refractivity contribution < 1.29 is 14.3 Å². The number of rotatable bonds is 9. The summed E-state index contributed by atoms with van der Waals surface area (Å²) in [5.74, 6) is 1.99. The molecule has 8 nitrogen and oxygen atoms in total. The maximum atomic E-state index is 12.1. The first kappa shape index (κ1) is 25.8. The minimum Gasteiger partial charge on any atom is -0.455 e. The molecule has 2 N–H and O–H groups in total. The number of benzene rings is 2. The fourth-order valence-corrected chi connectivity index (χ4v) is 3.55. The van der Waals surface area contributed by atoms with Crippen LogP contribution in [0.15, 0.2) is 67.1 Å². The van der Waals surface area contributed by atoms with E-state index in [2.05, 4.69) is 25.6 Å². The van der Waals surface area contributed by atoms with E-state index in [0.29, 0.717) is 18.1 Å². The van der Waals surface area contributed by atoms with E-state index < -0.39 is 5.60 Å². The van der Waals surface area contributed by atoms with Gasteiger partial charge >= 0.3 is 0 Å². The third kappa shape index (κ3) is 6.48. The number of carbonyl (C=O) groups is 1. The number of anilines is 2. The Bertz CT molecular complexity index is 1430. The highest BCUT2D eigenvalue weighted by atomic mass is 16.5. The van der Waals surface area contributed by atoms with Crippen LogP contribution in [-0.4, -0.2) is 40.1 Å². The summed E-state index contributed by atoms with van der Waals surface area (Å²) in [4.78, 5) is 25.3. The lowest BCUT2D eigenvalue weighted by atomic mass is 10.1. The maximum absolute atomic E-state index is 12.1. The molecule has 2 aromatic heterocycles. The lowest BCUT2D eigenvalue weighted by Gasteiger charge is -2.21. The van der Waals surface area contributed by atoms with Crippen LogP contribution in [0.25, 0.3) is 17.0 Å². The van der Waals surface area contributed by atoms with E-state index in [-0.39, 0.29) is 5.91 Å². The van der Waals surface area contributed by atoms with E-state index in [1.54, 1.807) is 26.4 Å². The zero-order valence-electron chi connectivity index (χ0n) is 21.7. The fourth-order valence-electron chi connectivity index (χ4n) is 3.55. The van der Waals surface area contributed by atoms with Crippen molar-refractivity contribution in [3.63, 3.8) is 0 Å². The number of hydrogen-bond donors (Lipinski definition) is 2. The molecular formula is C29H31N5O3. The number of nitrogens with zero attached hydrogens (tertiary/aromatic N) is 3. The normalized spacial score (nSPS) is 11.6. The monoisotopic (exact) mass is 497 g/mol. The van der Waals surface area contributed by atoms with Crippen molar-refractivity contribution >= 4 is 34.4 Å². The highest BCUT2D eigenvalue weighted by molar-refractivity contribution is 5.92. The van der Waals surface area contributed by atoms with Gasteiger partial charge in [-0.15, -0.1) is 0 Å². The van der Waals surface area contributed by atoms with Crippen molar-refractivity contribution in [2.45, 2.75) is 33.3 Å². The molecular weight excluding hydrogens is 466 g/mol. The lowest BCUT2D eigenvalue weighted by Crippen LogP contribution is -2.43. The van der Waals surface area contributed by atoms with Gasteiger partial charge in [-0.1, -0.05) is 18.2 Å². The van der Waals surface area contributed by atoms with Gasteiger partial charge in [0.05, 0.1) is 11.7 Å². The second-order valence-electron chi connectivity index (χ2n) is 9.17. The second kappa shape index (κ2) is 11.2. The molecule has 0 spiro atoms. The predicted molar refractivity (Wildman–Crippen MR) is 146 cm³/mol. The van der Waals surface area contributed by atoms with Gasteiger partial charge in [-0.05, 0) is 81.3 Å². The number of hydrogen-bond acceptors (Lipinski definition) is 7. The molecule has 0 saturated heterocycles. The zero-order valence-corrected chi connectivity index (χ0v) is 21.7. The molecule has 0 bridgehead atoms. The summed E-state index contributed by atoms with van der Waals surface area (Å²) in [6.07, 6.45) is 7.11. The van der Waals surface area contributed by atoms with Crippen molar-refractivity contribution in [2.75, 3.05) is 19.0 Å². The number of fused-ring (bicyclic) bond motifs is 1. The Balaban J connectivity index is 1.48. The van der Waals surface area contributed by atoms with Crippen molar-refractivity contribution in [1.82, 2.24) is 20.3 Å². The van der Waals surface area contributed by atoms with Crippen LogP contribution in [0.4, 0.5) is 11.5 Å². The highest BCUT2D eigenvalue weighted by Gasteiger charge is 2.25. The van der Waals surface area contributed by atoms with Gasteiger partial charge in [-0.3, -0.25) is 9.78 Å². The molecule has 0 aliphatic heterocycles. The third-order valence-corrected chi connectivity index (χ3v) is 5.96. The first-order valence-corrected chi connectivity index (χ1v) is 12.0. The quantitative estimate of drug-likeness (QED) is 0.305. The Morgan fingerprint density at radius 3 is 2.59 bits per heavy atom. The first-order chi connectivity index (χ1) is 17.7. The molecule has 2 heterocycles. The number of nitrogens with one attached hydrogen (secondary N) is 2. The topological polar surface area (TPSA) is 98.3 Å². The molecule has 0 saturated carbocycles. The Kier molecular flexibility index (Phi) is 7.79. The summed E-state index contributed by atoms with van der Waals surface area (Å²) in [5, 5.41) is 7.14. The van der Waals surface area contributed by atoms with Gasteiger partial charge in [-0.25, -0.2) is 9.97 Å². The molecule has 37 heavy (non-hydrogen) atoms. The molecule has 190 valence electrons. The minimum atomic E-state index is -0.866. The molecule has 8 heteroatoms. The number of amides is 1. The van der Waals surface area contributed by atoms with E-state index in [1.807, 2.05) is 74.5 Å². The highest BCUT2D eigenvalue weighted by Crippen LogP contribution is 2.30. The van der Waals surface area contributed by atoms with Gasteiger partial charge in [0.1, 0.15) is 29.2 Å². The Morgan fingerprint density at radius 2 is 1.86 bits per heavy atom. The summed E-state index contributed by atoms with van der Waals surface area (Å²) < 4.78 is 11.2. The lowest BCUT2D eigenvalue weighted by molar-refractivity contribution is -0.139. The van der Waals surface area contributed by atoms with Crippen LogP contribution >= 0.6 is 0 Å². The standard InChI is InChI=1S/C29H31N5O3/c1-19-15-22(10-13-26(19)37-23-11-8-20(2)31-17-23)34-27-24-16-21(9-12-25(24)32-18-33-27)7-6-14-30-28(35)29(3,4)36-5/h6-13,15-18H,14H2,1-5H3,(H,30,35)(H,32,33,34). The molecule has 1 amide bonds. The van der Waals surface area contributed by atoms with Crippen LogP contribution in [0, 0.1) is 13.8 Å². The largest absolute Gasteiger partial charge is 0.455 e. The summed E-state index contributed by atoms with van der Waals surface area (Å²) >= 11 is 0. The number of ether oxygens (including phenoxy) is 2. The van der Waals surface area contributed by atoms with Crippen molar-refractivity contribution in [3.8, 4) is 11.5 Å². The Labute approximate surface area is 216 Å². The minimum absolute atomic E-state index is 0.166. The first-order valence-electron chi connectivity index (χ1n) is 12.0. The van der Waals surface area contributed by atoms with Gasteiger partial charge < -0.3 is 20.1 Å². The third-order valence-electron chi connectivity index (χ3n) is 5.96. The number of carbonyl (C=O) groups excluding carboxylic acids is 1. The zero-order chi connectivity index (χ0) is 26.4. The summed E-state index contributed by atoms with van der Waals surface area (Å²) in [6.45, 7) is 7.79. The van der Waals surface area contributed by atoms with E-state index in [0.717, 1.165) is 39.2 Å². The average Bonchev–Trinajstić information content (AvgIpc) is 2.89. The molecule has 0 fully saturated rings. The maximum Gasteiger partial charge on any atom is 0.251 e. The van der Waals surface area contributed by atoms with Gasteiger partial charge in [0.25, 0.3) is 5.91 Å². The molecule has 0 atom stereocenters. The van der Waals surface area contributed by atoms with E-state index in [4.69, 9.17) is 9.47 Å². The second-order valence-corrected chi connectivity index (χ2v) is 9.17. The SMILES string of the molecule is COC(C)(C)C(=O)NCC=Cc1ccc2ncnc(Nc3ccc(Oc4ccc(C)nc4)c(C)c3)c2c1. The molecule has 0 aliphatic rings. The number of methoxy groups -OCH3 is 1. The predicted octanol–water partition coefficient (Wildman–Crippen LogP) is 5.73. The van der Waals surface area contributed by atoms with Crippen LogP contribution < -0.4 is 15.4 Å². The smallest absolute Gasteiger partial charge is 0.251 e. The Morgan fingerprint density at radius 1 is 1.03 bits per heavy atom. The van der Waals surface area contributed by atoms with Crippen molar-refractivity contribution in [1.29, 1.82) is 0 Å². The molecule has 2 aromatic carbocycles. The van der Waals surface area contributed by atoms with Gasteiger partial charge in [0, 0.05) is 30.4 Å². The molecule has 0 unspecified atom stereocenters. The van der Waals surface area contributed by atoms with Crippen LogP contribution in [0.2, 0.25) is 0 Å². The van der Waals surface area contributed by atoms with Gasteiger partial charge in [-0.2, -0.15) is 0 Å². The van der Waals surface area contributed by atoms with Crippen LogP contribution in [-0.2, 0) is 9.53 Å². The Hall–Kier alpha value is -4.30. The number of pyridine rings is 1. The van der Waals surface area contributed by atoms with E-state index in [9.17, 15) is 4.79 Å². The van der Waals surface area contributed by atoms with Crippen LogP contribution in [0.5, 0.6) is 11.5 Å². The molecule has 0 radical (unpaired) electrons. The van der Waals surface area contributed by atoms with E-state index in [1.165, 1.54) is 7.11 Å². The van der Waals surface area contributed by atoms with Crippen LogP contribution in [0.1, 0.15) is 30.7 Å². The molecule has 4 aromatic rings. The van der Waals surface area contributed by atoms with Gasteiger partial charge in [0.2, 0.25) is 0 Å². The summed E-state index contributed by atoms with van der Waals surface area (Å²) in [6, 6.07) is 15.7. The number of aryl methyl sites for hydroxylation is 2. The van der Waals surface area contributed by atoms with Crippen LogP contribution in [0.3, 0.4) is 0 Å². The van der Waals surface area contributed by atoms with E-state index >= 15 is 0 Å². The molecule has 4 rings (SSSR count). The summed E-state index contributed by atoms with van der Waals surface area (Å²) in [7, 11) is 1.52. The van der Waals surface area contributed by atoms with Gasteiger partial charge in [0.15, 0.2) is 0 Å². The van der Waals surface area contributed by atoms with Crippen molar-refractivity contribution in [3.05, 3.63) is 84.0 Å². The molecule has 0 aliphatic carbocycles. The summed E-state index contributed by atoms with van der Waals surface area (Å²) in [5.41, 5.74) is 3.74. The van der Waals surface area contributed by atoms with Crippen molar-refractivity contribution in [2.24, 2.45) is 0 Å².